The first-order chi connectivity index (χ1) is 12.3. The normalized spacial score (nSPS) is 10.2. The minimum atomic E-state index is -0.598. The second-order valence-corrected chi connectivity index (χ2v) is 6.51. The average Bonchev–Trinajstić information content (AvgIpc) is 2.60. The van der Waals surface area contributed by atoms with E-state index in [9.17, 15) is 9.59 Å². The Kier molecular flexibility index (Phi) is 7.66. The molecule has 0 unspecified atom stereocenters. The van der Waals surface area contributed by atoms with Crippen molar-refractivity contribution in [1.82, 2.24) is 10.9 Å². The van der Waals surface area contributed by atoms with Crippen LogP contribution >= 0.6 is 46.4 Å². The lowest BCUT2D eigenvalue weighted by molar-refractivity contribution is -0.131. The van der Waals surface area contributed by atoms with Gasteiger partial charge in [-0.3, -0.25) is 20.4 Å². The van der Waals surface area contributed by atoms with Crippen molar-refractivity contribution in [2.24, 2.45) is 0 Å². The Morgan fingerprint density at radius 1 is 0.731 bits per heavy atom. The molecule has 0 saturated carbocycles. The zero-order valence-corrected chi connectivity index (χ0v) is 16.0. The van der Waals surface area contributed by atoms with Crippen molar-refractivity contribution in [2.45, 2.75) is 0 Å². The zero-order chi connectivity index (χ0) is 19.1. The molecule has 2 amide bonds. The lowest BCUT2D eigenvalue weighted by Crippen LogP contribution is -2.45. The van der Waals surface area contributed by atoms with E-state index in [2.05, 4.69) is 10.9 Å². The molecule has 0 bridgehead atoms. The summed E-state index contributed by atoms with van der Waals surface area (Å²) in [6, 6.07) is 9.18. The molecule has 0 radical (unpaired) electrons. The zero-order valence-electron chi connectivity index (χ0n) is 13.0. The van der Waals surface area contributed by atoms with E-state index in [0.717, 1.165) is 0 Å². The van der Waals surface area contributed by atoms with Crippen LogP contribution in [0.3, 0.4) is 0 Å². The van der Waals surface area contributed by atoms with Gasteiger partial charge in [-0.15, -0.1) is 0 Å². The summed E-state index contributed by atoms with van der Waals surface area (Å²) in [5, 5.41) is 1.43. The van der Waals surface area contributed by atoms with Crippen LogP contribution < -0.4 is 20.3 Å². The minimum absolute atomic E-state index is 0.251. The summed E-state index contributed by atoms with van der Waals surface area (Å²) in [6.07, 6.45) is 0. The van der Waals surface area contributed by atoms with Crippen molar-refractivity contribution in [2.75, 3.05) is 13.2 Å². The highest BCUT2D eigenvalue weighted by atomic mass is 35.5. The molecule has 2 rings (SSSR count). The fraction of sp³-hybridized carbons (Fsp3) is 0.125. The van der Waals surface area contributed by atoms with Crippen LogP contribution in [0, 0.1) is 0 Å². The molecule has 0 aromatic heterocycles. The van der Waals surface area contributed by atoms with Gasteiger partial charge < -0.3 is 9.47 Å². The van der Waals surface area contributed by atoms with E-state index >= 15 is 0 Å². The Morgan fingerprint density at radius 2 is 1.27 bits per heavy atom. The molecule has 138 valence electrons. The number of carbonyl (C=O) groups is 2. The predicted molar refractivity (Wildman–Crippen MR) is 100 cm³/mol. The molecular weight excluding hydrogens is 426 g/mol. The average molecular weight is 438 g/mol. The number of rotatable bonds is 6. The quantitative estimate of drug-likeness (QED) is 0.671. The highest BCUT2D eigenvalue weighted by Crippen LogP contribution is 2.28. The Balaban J connectivity index is 1.73. The Morgan fingerprint density at radius 3 is 1.88 bits per heavy atom. The second kappa shape index (κ2) is 9.73. The van der Waals surface area contributed by atoms with E-state index in [-0.39, 0.29) is 29.7 Å². The Hall–Kier alpha value is -1.86. The molecule has 0 aliphatic carbocycles. The molecule has 0 aliphatic heterocycles. The highest BCUT2D eigenvalue weighted by Gasteiger charge is 2.10. The van der Waals surface area contributed by atoms with E-state index in [1.165, 1.54) is 24.3 Å². The van der Waals surface area contributed by atoms with Crippen LogP contribution in [0.15, 0.2) is 36.4 Å². The molecule has 2 aromatic rings. The first-order valence-corrected chi connectivity index (χ1v) is 8.59. The van der Waals surface area contributed by atoms with Crippen molar-refractivity contribution in [3.8, 4) is 11.5 Å². The number of amides is 2. The van der Waals surface area contributed by atoms with Gasteiger partial charge >= 0.3 is 0 Å². The first kappa shape index (κ1) is 20.5. The van der Waals surface area contributed by atoms with Gasteiger partial charge in [0.1, 0.15) is 11.5 Å². The van der Waals surface area contributed by atoms with Crippen LogP contribution in [0.2, 0.25) is 20.1 Å². The molecule has 0 heterocycles. The van der Waals surface area contributed by atoms with E-state index in [0.29, 0.717) is 15.1 Å². The van der Waals surface area contributed by atoms with Crippen molar-refractivity contribution in [1.29, 1.82) is 0 Å². The molecule has 6 nitrogen and oxygen atoms in total. The summed E-state index contributed by atoms with van der Waals surface area (Å²) in [4.78, 5) is 23.4. The molecule has 0 saturated heterocycles. The molecule has 10 heteroatoms. The number of hydrazine groups is 1. The van der Waals surface area contributed by atoms with Crippen molar-refractivity contribution < 1.29 is 19.1 Å². The maximum atomic E-state index is 11.7. The fourth-order valence-electron chi connectivity index (χ4n) is 1.68. The number of ether oxygens (including phenoxy) is 2. The van der Waals surface area contributed by atoms with Gasteiger partial charge in [0.2, 0.25) is 0 Å². The number of benzene rings is 2. The summed E-state index contributed by atoms with van der Waals surface area (Å²) >= 11 is 23.4. The van der Waals surface area contributed by atoms with Crippen molar-refractivity contribution >= 4 is 58.2 Å². The summed E-state index contributed by atoms with van der Waals surface area (Å²) in [6.45, 7) is -0.729. The number of halogens is 4. The lowest BCUT2D eigenvalue weighted by atomic mass is 10.3. The van der Waals surface area contributed by atoms with Crippen LogP contribution in [-0.4, -0.2) is 25.0 Å². The van der Waals surface area contributed by atoms with Gasteiger partial charge in [0.05, 0.1) is 10.0 Å². The smallest absolute Gasteiger partial charge is 0.276 e. The van der Waals surface area contributed by atoms with E-state index < -0.39 is 11.8 Å². The molecular formula is C16H12Cl4N2O4. The van der Waals surface area contributed by atoms with Crippen LogP contribution in [0.4, 0.5) is 0 Å². The van der Waals surface area contributed by atoms with Crippen LogP contribution in [0.5, 0.6) is 11.5 Å². The minimum Gasteiger partial charge on any atom is -0.482 e. The number of carbonyl (C=O) groups excluding carboxylic acids is 2. The van der Waals surface area contributed by atoms with Gasteiger partial charge in [-0.05, 0) is 30.3 Å². The van der Waals surface area contributed by atoms with Crippen LogP contribution in [0.1, 0.15) is 0 Å². The van der Waals surface area contributed by atoms with Gasteiger partial charge in [0, 0.05) is 16.1 Å². The number of nitrogens with one attached hydrogen (secondary N) is 2. The third-order valence-electron chi connectivity index (χ3n) is 2.85. The Labute approximate surface area is 169 Å². The molecule has 2 N–H and O–H groups in total. The van der Waals surface area contributed by atoms with Crippen LogP contribution in [-0.2, 0) is 9.59 Å². The van der Waals surface area contributed by atoms with Crippen molar-refractivity contribution in [3.63, 3.8) is 0 Å². The molecule has 26 heavy (non-hydrogen) atoms. The van der Waals surface area contributed by atoms with E-state index in [4.69, 9.17) is 55.9 Å². The SMILES string of the molecule is O=C(COc1ccc(Cl)cc1Cl)NNC(=O)COc1cc(Cl)ccc1Cl. The number of hydrogen-bond acceptors (Lipinski definition) is 4. The number of hydrogen-bond donors (Lipinski definition) is 2. The molecule has 2 aromatic carbocycles. The van der Waals surface area contributed by atoms with Crippen LogP contribution in [0.25, 0.3) is 0 Å². The maximum absolute atomic E-state index is 11.7. The van der Waals surface area contributed by atoms with Gasteiger partial charge in [0.25, 0.3) is 11.8 Å². The summed E-state index contributed by atoms with van der Waals surface area (Å²) in [5.41, 5.74) is 4.35. The first-order valence-electron chi connectivity index (χ1n) is 7.08. The lowest BCUT2D eigenvalue weighted by Gasteiger charge is -2.11. The largest absolute Gasteiger partial charge is 0.482 e. The van der Waals surface area contributed by atoms with Crippen molar-refractivity contribution in [3.05, 3.63) is 56.5 Å². The standard InChI is InChI=1S/C16H12Cl4N2O4/c17-9-2-4-13(12(20)5-9)25-7-15(23)21-22-16(24)8-26-14-6-10(18)1-3-11(14)19/h1-6H,7-8H2,(H,21,23)(H,22,24). The van der Waals surface area contributed by atoms with Gasteiger partial charge in [-0.25, -0.2) is 0 Å². The topological polar surface area (TPSA) is 76.7 Å². The Bertz CT molecular complexity index is 817. The third kappa shape index (κ3) is 6.46. The molecule has 0 aliphatic rings. The fourth-order valence-corrected chi connectivity index (χ4v) is 2.48. The summed E-state index contributed by atoms with van der Waals surface area (Å²) < 4.78 is 10.5. The molecule has 0 fully saturated rings. The van der Waals surface area contributed by atoms with Gasteiger partial charge in [-0.2, -0.15) is 0 Å². The maximum Gasteiger partial charge on any atom is 0.276 e. The second-order valence-electron chi connectivity index (χ2n) is 4.82. The summed E-state index contributed by atoms with van der Waals surface area (Å²) in [5.74, 6) is -0.651. The van der Waals surface area contributed by atoms with Gasteiger partial charge in [0.15, 0.2) is 13.2 Å². The molecule has 0 spiro atoms. The van der Waals surface area contributed by atoms with Gasteiger partial charge in [-0.1, -0.05) is 46.4 Å². The monoisotopic (exact) mass is 436 g/mol. The summed E-state index contributed by atoms with van der Waals surface area (Å²) in [7, 11) is 0. The van der Waals surface area contributed by atoms with E-state index in [1.807, 2.05) is 0 Å². The molecule has 0 atom stereocenters. The predicted octanol–water partition coefficient (Wildman–Crippen LogP) is 3.91. The highest BCUT2D eigenvalue weighted by molar-refractivity contribution is 6.35. The third-order valence-corrected chi connectivity index (χ3v) is 3.92. The van der Waals surface area contributed by atoms with E-state index in [1.54, 1.807) is 12.1 Å².